The van der Waals surface area contributed by atoms with Gasteiger partial charge in [0.25, 0.3) is 0 Å². The van der Waals surface area contributed by atoms with Crippen LogP contribution in [0.25, 0.3) is 0 Å². The summed E-state index contributed by atoms with van der Waals surface area (Å²) in [6, 6.07) is 7.88. The van der Waals surface area contributed by atoms with E-state index in [0.29, 0.717) is 12.2 Å². The number of likely N-dealkylation sites (tertiary alicyclic amines) is 1. The zero-order chi connectivity index (χ0) is 19.6. The summed E-state index contributed by atoms with van der Waals surface area (Å²) in [5, 5.41) is 2.66. The number of hydrogen-bond acceptors (Lipinski definition) is 3. The Labute approximate surface area is 160 Å². The van der Waals surface area contributed by atoms with E-state index in [1.807, 2.05) is 13.0 Å². The molecule has 2 aromatic rings. The van der Waals surface area contributed by atoms with Crippen molar-refractivity contribution in [1.29, 1.82) is 0 Å². The first-order valence-electron chi connectivity index (χ1n) is 9.12. The molecule has 0 bridgehead atoms. The number of pyridine rings is 1. The molecule has 1 saturated heterocycles. The molecule has 1 aromatic carbocycles. The van der Waals surface area contributed by atoms with Crippen molar-refractivity contribution in [2.24, 2.45) is 0 Å². The molecular formula is C22H25N3O2. The second-order valence-corrected chi connectivity index (χ2v) is 7.29. The number of nitrogens with one attached hydrogen (secondary N) is 1. The summed E-state index contributed by atoms with van der Waals surface area (Å²) in [5.74, 6) is -1.19. The molecular weight excluding hydrogens is 338 g/mol. The van der Waals surface area contributed by atoms with Crippen LogP contribution in [0.1, 0.15) is 41.1 Å². The van der Waals surface area contributed by atoms with Crippen molar-refractivity contribution in [2.45, 2.75) is 39.7 Å². The molecule has 1 aliphatic rings. The first-order chi connectivity index (χ1) is 12.8. The van der Waals surface area contributed by atoms with E-state index in [0.717, 1.165) is 29.5 Å². The van der Waals surface area contributed by atoms with Crippen LogP contribution in [0.3, 0.4) is 0 Å². The van der Waals surface area contributed by atoms with Crippen LogP contribution in [-0.2, 0) is 9.59 Å². The molecule has 5 heteroatoms. The van der Waals surface area contributed by atoms with Gasteiger partial charge in [-0.05, 0) is 61.9 Å². The van der Waals surface area contributed by atoms with Crippen molar-refractivity contribution in [3.05, 3.63) is 71.1 Å². The van der Waals surface area contributed by atoms with E-state index in [-0.39, 0.29) is 6.04 Å². The minimum absolute atomic E-state index is 0.122. The monoisotopic (exact) mass is 363 g/mol. The Morgan fingerprint density at radius 2 is 1.93 bits per heavy atom. The molecule has 0 unspecified atom stereocenters. The molecule has 1 aliphatic heterocycles. The van der Waals surface area contributed by atoms with Gasteiger partial charge in [-0.3, -0.25) is 14.6 Å². The predicted molar refractivity (Wildman–Crippen MR) is 106 cm³/mol. The Kier molecular flexibility index (Phi) is 5.40. The molecule has 2 heterocycles. The molecule has 1 N–H and O–H groups in total. The molecule has 27 heavy (non-hydrogen) atoms. The molecule has 3 rings (SSSR count). The maximum absolute atomic E-state index is 12.9. The highest BCUT2D eigenvalue weighted by atomic mass is 16.2. The highest BCUT2D eigenvalue weighted by molar-refractivity contribution is 6.39. The summed E-state index contributed by atoms with van der Waals surface area (Å²) in [6.07, 6.45) is 4.85. The molecule has 0 spiro atoms. The highest BCUT2D eigenvalue weighted by Crippen LogP contribution is 2.33. The van der Waals surface area contributed by atoms with Crippen molar-refractivity contribution in [1.82, 2.24) is 9.88 Å². The smallest absolute Gasteiger partial charge is 0.313 e. The van der Waals surface area contributed by atoms with Gasteiger partial charge in [0.15, 0.2) is 0 Å². The number of nitrogens with zero attached hydrogens (tertiary/aromatic N) is 2. The predicted octanol–water partition coefficient (Wildman–Crippen LogP) is 3.87. The number of carbonyl (C=O) groups is 2. The van der Waals surface area contributed by atoms with Crippen LogP contribution in [0.5, 0.6) is 0 Å². The summed E-state index contributed by atoms with van der Waals surface area (Å²) < 4.78 is 0. The molecule has 140 valence electrons. The van der Waals surface area contributed by atoms with Gasteiger partial charge in [-0.2, -0.15) is 0 Å². The van der Waals surface area contributed by atoms with E-state index >= 15 is 0 Å². The largest absolute Gasteiger partial charge is 0.323 e. The average molecular weight is 363 g/mol. The molecule has 1 fully saturated rings. The lowest BCUT2D eigenvalue weighted by atomic mass is 9.91. The van der Waals surface area contributed by atoms with Crippen LogP contribution in [0.15, 0.2) is 48.8 Å². The summed E-state index contributed by atoms with van der Waals surface area (Å²) in [6.45, 7) is 10.4. The van der Waals surface area contributed by atoms with Crippen molar-refractivity contribution in [3.63, 3.8) is 0 Å². The summed E-state index contributed by atoms with van der Waals surface area (Å²) in [7, 11) is 0. The lowest BCUT2D eigenvalue weighted by molar-refractivity contribution is -0.145. The number of benzene rings is 1. The number of amides is 2. The summed E-state index contributed by atoms with van der Waals surface area (Å²) in [5.41, 5.74) is 5.85. The third-order valence-electron chi connectivity index (χ3n) is 5.05. The van der Waals surface area contributed by atoms with E-state index in [1.54, 1.807) is 17.2 Å². The number of rotatable bonds is 2. The molecule has 5 nitrogen and oxygen atoms in total. The number of carbonyl (C=O) groups excluding carboxylic acids is 2. The lowest BCUT2D eigenvalue weighted by Crippen LogP contribution is -2.45. The third-order valence-corrected chi connectivity index (χ3v) is 5.05. The van der Waals surface area contributed by atoms with Crippen LogP contribution in [-0.4, -0.2) is 28.2 Å². The van der Waals surface area contributed by atoms with Gasteiger partial charge >= 0.3 is 11.8 Å². The van der Waals surface area contributed by atoms with Crippen molar-refractivity contribution < 1.29 is 9.59 Å². The Balaban J connectivity index is 1.83. The number of hydrogen-bond donors (Lipinski definition) is 1. The fraction of sp³-hybridized carbons (Fsp3) is 0.318. The number of aryl methyl sites for hydroxylation is 3. The van der Waals surface area contributed by atoms with Crippen LogP contribution in [0, 0.1) is 20.8 Å². The Bertz CT molecular complexity index is 904. The quantitative estimate of drug-likeness (QED) is 0.651. The molecule has 1 atom stereocenters. The Morgan fingerprint density at radius 3 is 2.63 bits per heavy atom. The maximum atomic E-state index is 12.9. The van der Waals surface area contributed by atoms with Gasteiger partial charge in [-0.25, -0.2) is 0 Å². The molecule has 0 aliphatic carbocycles. The van der Waals surface area contributed by atoms with Crippen LogP contribution in [0.4, 0.5) is 5.69 Å². The van der Waals surface area contributed by atoms with E-state index in [2.05, 4.69) is 42.9 Å². The molecule has 2 amide bonds. The van der Waals surface area contributed by atoms with Crippen molar-refractivity contribution >= 4 is 17.5 Å². The van der Waals surface area contributed by atoms with E-state index in [9.17, 15) is 9.59 Å². The third kappa shape index (κ3) is 4.25. The SMILES string of the molecule is C=C1CC[C@@H](c2ccc(C)c(C)c2)N(C(=O)C(=O)Nc2cncc(C)c2)C1. The van der Waals surface area contributed by atoms with Gasteiger partial charge in [-0.1, -0.05) is 30.4 Å². The minimum atomic E-state index is -0.647. The molecule has 1 aromatic heterocycles. The van der Waals surface area contributed by atoms with Gasteiger partial charge in [0, 0.05) is 12.7 Å². The van der Waals surface area contributed by atoms with Crippen LogP contribution in [0.2, 0.25) is 0 Å². The zero-order valence-corrected chi connectivity index (χ0v) is 16.1. The molecule has 0 radical (unpaired) electrons. The van der Waals surface area contributed by atoms with Crippen LogP contribution >= 0.6 is 0 Å². The summed E-state index contributed by atoms with van der Waals surface area (Å²) >= 11 is 0. The van der Waals surface area contributed by atoms with Gasteiger partial charge < -0.3 is 10.2 Å². The number of aromatic nitrogens is 1. The Morgan fingerprint density at radius 1 is 1.15 bits per heavy atom. The fourth-order valence-corrected chi connectivity index (χ4v) is 3.40. The lowest BCUT2D eigenvalue weighted by Gasteiger charge is -2.36. The van der Waals surface area contributed by atoms with Gasteiger partial charge in [0.2, 0.25) is 0 Å². The normalized spacial score (nSPS) is 16.9. The van der Waals surface area contributed by atoms with Gasteiger partial charge in [0.05, 0.1) is 17.9 Å². The minimum Gasteiger partial charge on any atom is -0.323 e. The number of anilines is 1. The van der Waals surface area contributed by atoms with E-state index in [1.165, 1.54) is 17.3 Å². The topological polar surface area (TPSA) is 62.3 Å². The average Bonchev–Trinajstić information content (AvgIpc) is 2.63. The maximum Gasteiger partial charge on any atom is 0.313 e. The first-order valence-corrected chi connectivity index (χ1v) is 9.12. The summed E-state index contributed by atoms with van der Waals surface area (Å²) in [4.78, 5) is 31.2. The Hall–Kier alpha value is -2.95. The van der Waals surface area contributed by atoms with Crippen molar-refractivity contribution in [3.8, 4) is 0 Å². The second-order valence-electron chi connectivity index (χ2n) is 7.29. The van der Waals surface area contributed by atoms with E-state index < -0.39 is 11.8 Å². The van der Waals surface area contributed by atoms with Crippen LogP contribution < -0.4 is 5.32 Å². The molecule has 0 saturated carbocycles. The fourth-order valence-electron chi connectivity index (χ4n) is 3.40. The van der Waals surface area contributed by atoms with Gasteiger partial charge in [0.1, 0.15) is 0 Å². The van der Waals surface area contributed by atoms with Gasteiger partial charge in [-0.15, -0.1) is 0 Å². The second kappa shape index (κ2) is 7.74. The van der Waals surface area contributed by atoms with Crippen molar-refractivity contribution in [2.75, 3.05) is 11.9 Å². The first kappa shape index (κ1) is 18.8. The highest BCUT2D eigenvalue weighted by Gasteiger charge is 2.33. The van der Waals surface area contributed by atoms with E-state index in [4.69, 9.17) is 0 Å². The zero-order valence-electron chi connectivity index (χ0n) is 16.1. The standard InChI is InChI=1S/C22H25N3O2/c1-14-5-8-20(18-7-6-16(3)17(4)10-18)25(13-14)22(27)21(26)24-19-9-15(2)11-23-12-19/h6-7,9-12,20H,1,5,8,13H2,2-4H3,(H,24,26)/t20-/m0/s1. The number of piperidine rings is 1.